The number of nitrogens with one attached hydrogen (secondary N) is 1. The Morgan fingerprint density at radius 2 is 1.38 bits per heavy atom. The third-order valence-electron chi connectivity index (χ3n) is 5.25. The highest BCUT2D eigenvalue weighted by atomic mass is 32.2. The van der Waals surface area contributed by atoms with Crippen LogP contribution in [0.4, 0.5) is 11.4 Å². The van der Waals surface area contributed by atoms with Gasteiger partial charge < -0.3 is 5.32 Å². The monoisotopic (exact) mass is 444 g/mol. The third kappa shape index (κ3) is 4.65. The molecule has 0 spiro atoms. The lowest BCUT2D eigenvalue weighted by molar-refractivity contribution is -0.114. The van der Waals surface area contributed by atoms with Crippen molar-refractivity contribution in [1.82, 2.24) is 0 Å². The summed E-state index contributed by atoms with van der Waals surface area (Å²) in [6.07, 6.45) is 0. The number of aryl methyl sites for hydroxylation is 2. The summed E-state index contributed by atoms with van der Waals surface area (Å²) in [5.41, 5.74) is 3.01. The quantitative estimate of drug-likeness (QED) is 0.439. The van der Waals surface area contributed by atoms with Crippen LogP contribution < -0.4 is 9.62 Å². The number of carbonyl (C=O) groups excluding carboxylic acids is 1. The number of carbonyl (C=O) groups is 1. The zero-order chi connectivity index (χ0) is 22.7. The standard InChI is InChI=1S/C26H24N2O3S/c1-19-7-13-24(14-8-19)28(32(30,31)25-15-9-20(2)10-16-25)18-26(29)27-23-12-11-21-5-3-4-6-22(21)17-23/h3-17H,18H2,1-2H3,(H,27,29). The number of hydrogen-bond acceptors (Lipinski definition) is 3. The van der Waals surface area contributed by atoms with Gasteiger partial charge >= 0.3 is 0 Å². The van der Waals surface area contributed by atoms with Crippen LogP contribution in [0.15, 0.2) is 95.9 Å². The summed E-state index contributed by atoms with van der Waals surface area (Å²) in [4.78, 5) is 13.1. The van der Waals surface area contributed by atoms with Crippen molar-refractivity contribution < 1.29 is 13.2 Å². The Balaban J connectivity index is 1.64. The first-order valence-corrected chi connectivity index (χ1v) is 11.7. The largest absolute Gasteiger partial charge is 0.324 e. The highest BCUT2D eigenvalue weighted by molar-refractivity contribution is 7.92. The normalized spacial score (nSPS) is 11.3. The summed E-state index contributed by atoms with van der Waals surface area (Å²) in [5, 5.41) is 4.89. The molecule has 162 valence electrons. The fourth-order valence-electron chi connectivity index (χ4n) is 3.46. The smallest absolute Gasteiger partial charge is 0.264 e. The first-order chi connectivity index (χ1) is 15.3. The lowest BCUT2D eigenvalue weighted by Gasteiger charge is -2.24. The maximum Gasteiger partial charge on any atom is 0.264 e. The Labute approximate surface area is 188 Å². The third-order valence-corrected chi connectivity index (χ3v) is 7.04. The summed E-state index contributed by atoms with van der Waals surface area (Å²) in [6.45, 7) is 3.48. The second-order valence-electron chi connectivity index (χ2n) is 7.77. The van der Waals surface area contributed by atoms with E-state index in [1.807, 2.05) is 68.4 Å². The molecule has 0 unspecified atom stereocenters. The number of hydrogen-bond donors (Lipinski definition) is 1. The molecule has 0 bridgehead atoms. The minimum Gasteiger partial charge on any atom is -0.324 e. The molecule has 32 heavy (non-hydrogen) atoms. The number of amides is 1. The van der Waals surface area contributed by atoms with Crippen molar-refractivity contribution in [2.45, 2.75) is 18.7 Å². The molecule has 6 heteroatoms. The number of anilines is 2. The Kier molecular flexibility index (Phi) is 5.97. The van der Waals surface area contributed by atoms with Crippen LogP contribution in [-0.4, -0.2) is 20.9 Å². The van der Waals surface area contributed by atoms with Gasteiger partial charge in [0.2, 0.25) is 5.91 Å². The maximum absolute atomic E-state index is 13.4. The molecule has 0 radical (unpaired) electrons. The van der Waals surface area contributed by atoms with Crippen LogP contribution in [-0.2, 0) is 14.8 Å². The molecule has 4 rings (SSSR count). The minimum absolute atomic E-state index is 0.141. The van der Waals surface area contributed by atoms with Crippen LogP contribution in [0, 0.1) is 13.8 Å². The zero-order valence-corrected chi connectivity index (χ0v) is 18.8. The fourth-order valence-corrected chi connectivity index (χ4v) is 4.88. The van der Waals surface area contributed by atoms with Crippen LogP contribution in [0.2, 0.25) is 0 Å². The molecule has 0 saturated heterocycles. The Hall–Kier alpha value is -3.64. The molecule has 0 atom stereocenters. The van der Waals surface area contributed by atoms with Gasteiger partial charge in [-0.05, 0) is 61.0 Å². The van der Waals surface area contributed by atoms with Crippen LogP contribution in [0.3, 0.4) is 0 Å². The Morgan fingerprint density at radius 3 is 2.03 bits per heavy atom. The Morgan fingerprint density at radius 1 is 0.781 bits per heavy atom. The first-order valence-electron chi connectivity index (χ1n) is 10.3. The molecule has 0 fully saturated rings. The van der Waals surface area contributed by atoms with Crippen molar-refractivity contribution in [2.24, 2.45) is 0 Å². The predicted octanol–water partition coefficient (Wildman–Crippen LogP) is 5.29. The first kappa shape index (κ1) is 21.6. The summed E-state index contributed by atoms with van der Waals surface area (Å²) >= 11 is 0. The van der Waals surface area contributed by atoms with Crippen LogP contribution in [0.5, 0.6) is 0 Å². The molecule has 0 aliphatic heterocycles. The van der Waals surface area contributed by atoms with Gasteiger partial charge in [0.05, 0.1) is 10.6 Å². The van der Waals surface area contributed by atoms with Crippen molar-refractivity contribution in [1.29, 1.82) is 0 Å². The molecule has 0 aliphatic carbocycles. The van der Waals surface area contributed by atoms with E-state index in [0.717, 1.165) is 26.2 Å². The minimum atomic E-state index is -3.93. The van der Waals surface area contributed by atoms with E-state index in [9.17, 15) is 13.2 Å². The molecule has 4 aromatic carbocycles. The van der Waals surface area contributed by atoms with E-state index in [1.54, 1.807) is 36.4 Å². The predicted molar refractivity (Wildman–Crippen MR) is 129 cm³/mol. The van der Waals surface area contributed by atoms with Crippen molar-refractivity contribution in [2.75, 3.05) is 16.2 Å². The number of fused-ring (bicyclic) bond motifs is 1. The number of nitrogens with zero attached hydrogens (tertiary/aromatic N) is 1. The molecule has 0 aliphatic rings. The van der Waals surface area contributed by atoms with E-state index >= 15 is 0 Å². The summed E-state index contributed by atoms with van der Waals surface area (Å²) in [5.74, 6) is -0.420. The van der Waals surface area contributed by atoms with E-state index in [2.05, 4.69) is 5.32 Å². The van der Waals surface area contributed by atoms with Gasteiger partial charge in [0.1, 0.15) is 6.54 Å². The Bertz CT molecular complexity index is 1360. The van der Waals surface area contributed by atoms with Gasteiger partial charge in [-0.3, -0.25) is 9.10 Å². The van der Waals surface area contributed by atoms with Crippen LogP contribution >= 0.6 is 0 Å². The van der Waals surface area contributed by atoms with Gasteiger partial charge in [-0.2, -0.15) is 0 Å². The summed E-state index contributed by atoms with van der Waals surface area (Å²) < 4.78 is 28.0. The SMILES string of the molecule is Cc1ccc(N(CC(=O)Nc2ccc3ccccc3c2)S(=O)(=O)c2ccc(C)cc2)cc1. The molecule has 0 heterocycles. The molecule has 1 N–H and O–H groups in total. The molecule has 0 aromatic heterocycles. The lowest BCUT2D eigenvalue weighted by atomic mass is 10.1. The van der Waals surface area contributed by atoms with Gasteiger partial charge in [0, 0.05) is 5.69 Å². The highest BCUT2D eigenvalue weighted by Crippen LogP contribution is 2.25. The van der Waals surface area contributed by atoms with Gasteiger partial charge in [0.15, 0.2) is 0 Å². The van der Waals surface area contributed by atoms with Crippen LogP contribution in [0.1, 0.15) is 11.1 Å². The summed E-state index contributed by atoms with van der Waals surface area (Å²) in [6, 6.07) is 27.1. The lowest BCUT2D eigenvalue weighted by Crippen LogP contribution is -2.38. The number of benzene rings is 4. The molecule has 1 amide bonds. The highest BCUT2D eigenvalue weighted by Gasteiger charge is 2.27. The van der Waals surface area contributed by atoms with Gasteiger partial charge in [0.25, 0.3) is 10.0 Å². The average Bonchev–Trinajstić information content (AvgIpc) is 2.78. The fraction of sp³-hybridized carbons (Fsp3) is 0.115. The molecular formula is C26H24N2O3S. The molecule has 0 saturated carbocycles. The molecular weight excluding hydrogens is 420 g/mol. The molecule has 5 nitrogen and oxygen atoms in total. The van der Waals surface area contributed by atoms with Crippen LogP contribution in [0.25, 0.3) is 10.8 Å². The van der Waals surface area contributed by atoms with E-state index in [4.69, 9.17) is 0 Å². The van der Waals surface area contributed by atoms with Crippen molar-refractivity contribution >= 4 is 38.1 Å². The van der Waals surface area contributed by atoms with E-state index in [-0.39, 0.29) is 11.4 Å². The second kappa shape index (κ2) is 8.85. The van der Waals surface area contributed by atoms with E-state index in [0.29, 0.717) is 11.4 Å². The maximum atomic E-state index is 13.4. The second-order valence-corrected chi connectivity index (χ2v) is 9.63. The number of rotatable bonds is 6. The average molecular weight is 445 g/mol. The van der Waals surface area contributed by atoms with Crippen molar-refractivity contribution in [3.63, 3.8) is 0 Å². The van der Waals surface area contributed by atoms with E-state index in [1.165, 1.54) is 0 Å². The van der Waals surface area contributed by atoms with Crippen molar-refractivity contribution in [3.05, 3.63) is 102 Å². The van der Waals surface area contributed by atoms with Crippen molar-refractivity contribution in [3.8, 4) is 0 Å². The molecule has 4 aromatic rings. The van der Waals surface area contributed by atoms with Gasteiger partial charge in [-0.15, -0.1) is 0 Å². The van der Waals surface area contributed by atoms with Gasteiger partial charge in [-0.1, -0.05) is 65.7 Å². The topological polar surface area (TPSA) is 66.5 Å². The number of sulfonamides is 1. The van der Waals surface area contributed by atoms with E-state index < -0.39 is 15.9 Å². The summed E-state index contributed by atoms with van der Waals surface area (Å²) in [7, 11) is -3.93. The van der Waals surface area contributed by atoms with Gasteiger partial charge in [-0.25, -0.2) is 8.42 Å². The zero-order valence-electron chi connectivity index (χ0n) is 17.9.